The molecule has 0 atom stereocenters. The van der Waals surface area contributed by atoms with E-state index in [1.165, 1.54) is 0 Å². The molecule has 1 N–H and O–H groups in total. The van der Waals surface area contributed by atoms with Gasteiger partial charge in [-0.2, -0.15) is 39.5 Å². The van der Waals surface area contributed by atoms with Gasteiger partial charge in [-0.1, -0.05) is 0 Å². The zero-order valence-corrected chi connectivity index (χ0v) is 17.2. The zero-order valence-electron chi connectivity index (χ0n) is 17.2. The lowest BCUT2D eigenvalue weighted by Crippen LogP contribution is -2.47. The summed E-state index contributed by atoms with van der Waals surface area (Å²) < 4.78 is 115. The summed E-state index contributed by atoms with van der Waals surface area (Å²) in [6, 6.07) is 0. The van der Waals surface area contributed by atoms with E-state index in [2.05, 4.69) is 5.32 Å². The third kappa shape index (κ3) is 9.63. The molecule has 1 aliphatic heterocycles. The SMILES string of the molecule is O=C(N1CCCNCCN(C(=O)C(F)(F)F)CCCN(C(=O)C(F)(F)F)CCC1)C(F)(F)F. The number of nitrogens with one attached hydrogen (secondary N) is 1. The van der Waals surface area contributed by atoms with Crippen LogP contribution >= 0.6 is 0 Å². The Kier molecular flexibility index (Phi) is 10.2. The van der Waals surface area contributed by atoms with Crippen molar-refractivity contribution in [1.82, 2.24) is 20.0 Å². The maximum absolute atomic E-state index is 12.9. The molecule has 0 aliphatic carbocycles. The van der Waals surface area contributed by atoms with E-state index in [4.69, 9.17) is 0 Å². The fraction of sp³-hybridized carbons (Fsp3) is 0.824. The summed E-state index contributed by atoms with van der Waals surface area (Å²) in [5.41, 5.74) is 0. The third-order valence-corrected chi connectivity index (χ3v) is 4.64. The molecule has 0 spiro atoms. The molecular weight excluding hydrogens is 479 g/mol. The normalized spacial score (nSPS) is 19.0. The Morgan fingerprint density at radius 1 is 0.485 bits per heavy atom. The fourth-order valence-electron chi connectivity index (χ4n) is 3.12. The van der Waals surface area contributed by atoms with Crippen molar-refractivity contribution >= 4 is 17.7 Å². The first kappa shape index (κ1) is 28.8. The number of halogens is 9. The molecule has 0 aromatic rings. The molecule has 0 aromatic carbocycles. The highest BCUT2D eigenvalue weighted by molar-refractivity contribution is 5.83. The molecule has 0 unspecified atom stereocenters. The Bertz CT molecular complexity index is 636. The van der Waals surface area contributed by atoms with Crippen molar-refractivity contribution in [2.24, 2.45) is 0 Å². The first-order valence-electron chi connectivity index (χ1n) is 9.84. The van der Waals surface area contributed by atoms with Crippen molar-refractivity contribution in [2.75, 3.05) is 52.4 Å². The molecule has 7 nitrogen and oxygen atoms in total. The minimum atomic E-state index is -5.32. The molecule has 1 aliphatic rings. The van der Waals surface area contributed by atoms with Crippen LogP contribution in [0.2, 0.25) is 0 Å². The average molecular weight is 502 g/mol. The van der Waals surface area contributed by atoms with Crippen LogP contribution in [0, 0.1) is 0 Å². The van der Waals surface area contributed by atoms with E-state index in [9.17, 15) is 53.9 Å². The number of hydrogen-bond acceptors (Lipinski definition) is 4. The lowest BCUT2D eigenvalue weighted by atomic mass is 10.2. The van der Waals surface area contributed by atoms with E-state index in [1.807, 2.05) is 0 Å². The van der Waals surface area contributed by atoms with Gasteiger partial charge in [0.05, 0.1) is 0 Å². The van der Waals surface area contributed by atoms with Gasteiger partial charge in [-0.05, 0) is 25.8 Å². The lowest BCUT2D eigenvalue weighted by Gasteiger charge is -2.28. The lowest BCUT2D eigenvalue weighted by molar-refractivity contribution is -0.187. The Balaban J connectivity index is 3.03. The highest BCUT2D eigenvalue weighted by atomic mass is 19.4. The Labute approximate surface area is 182 Å². The highest BCUT2D eigenvalue weighted by Crippen LogP contribution is 2.22. The Hall–Kier alpha value is -2.26. The Morgan fingerprint density at radius 3 is 1.12 bits per heavy atom. The number of alkyl halides is 9. The molecular formula is C17H23F9N4O3. The molecule has 1 saturated heterocycles. The van der Waals surface area contributed by atoms with Crippen LogP contribution in [0.4, 0.5) is 39.5 Å². The number of carbonyl (C=O) groups is 3. The smallest absolute Gasteiger partial charge is 0.335 e. The van der Waals surface area contributed by atoms with E-state index in [0.29, 0.717) is 9.80 Å². The topological polar surface area (TPSA) is 73.0 Å². The largest absolute Gasteiger partial charge is 0.471 e. The Morgan fingerprint density at radius 2 is 0.788 bits per heavy atom. The molecule has 192 valence electrons. The standard InChI is InChI=1S/C17H23F9N4O3/c18-15(19,20)12(31)28-6-1-4-27-5-11-30(14(33)17(24,25)26)10-3-9-29(8-2-7-28)13(32)16(21,22)23/h27H,1-11H2. The first-order chi connectivity index (χ1) is 15.0. The molecule has 1 rings (SSSR count). The predicted octanol–water partition coefficient (Wildman–Crippen LogP) is 1.93. The van der Waals surface area contributed by atoms with Crippen molar-refractivity contribution in [1.29, 1.82) is 0 Å². The molecule has 3 amide bonds. The van der Waals surface area contributed by atoms with Crippen molar-refractivity contribution in [3.8, 4) is 0 Å². The minimum Gasteiger partial charge on any atom is -0.335 e. The number of amides is 3. The van der Waals surface area contributed by atoms with E-state index >= 15 is 0 Å². The second-order valence-corrected chi connectivity index (χ2v) is 7.18. The maximum atomic E-state index is 12.9. The molecule has 0 radical (unpaired) electrons. The quantitative estimate of drug-likeness (QED) is 0.514. The predicted molar refractivity (Wildman–Crippen MR) is 94.6 cm³/mol. The van der Waals surface area contributed by atoms with Crippen LogP contribution in [0.15, 0.2) is 0 Å². The van der Waals surface area contributed by atoms with Crippen LogP contribution in [0.5, 0.6) is 0 Å². The average Bonchev–Trinajstić information content (AvgIpc) is 2.68. The van der Waals surface area contributed by atoms with Gasteiger partial charge in [0.2, 0.25) is 0 Å². The summed E-state index contributed by atoms with van der Waals surface area (Å²) >= 11 is 0. The van der Waals surface area contributed by atoms with Crippen LogP contribution in [0.25, 0.3) is 0 Å². The zero-order chi connectivity index (χ0) is 25.4. The second kappa shape index (κ2) is 11.7. The molecule has 16 heteroatoms. The van der Waals surface area contributed by atoms with E-state index < -0.39 is 88.4 Å². The van der Waals surface area contributed by atoms with Crippen LogP contribution in [0.1, 0.15) is 19.3 Å². The molecule has 0 saturated carbocycles. The first-order valence-corrected chi connectivity index (χ1v) is 9.84. The van der Waals surface area contributed by atoms with Gasteiger partial charge in [-0.25, -0.2) is 0 Å². The molecule has 33 heavy (non-hydrogen) atoms. The maximum Gasteiger partial charge on any atom is 0.471 e. The van der Waals surface area contributed by atoms with Crippen LogP contribution in [-0.4, -0.2) is 103 Å². The van der Waals surface area contributed by atoms with Gasteiger partial charge in [0.15, 0.2) is 0 Å². The third-order valence-electron chi connectivity index (χ3n) is 4.64. The van der Waals surface area contributed by atoms with Crippen LogP contribution < -0.4 is 5.32 Å². The van der Waals surface area contributed by atoms with Gasteiger partial charge >= 0.3 is 36.3 Å². The number of carbonyl (C=O) groups excluding carboxylic acids is 3. The summed E-state index contributed by atoms with van der Waals surface area (Å²) in [7, 11) is 0. The molecule has 0 aromatic heterocycles. The number of nitrogens with zero attached hydrogens (tertiary/aromatic N) is 3. The van der Waals surface area contributed by atoms with Gasteiger partial charge in [-0.15, -0.1) is 0 Å². The van der Waals surface area contributed by atoms with Gasteiger partial charge in [-0.3, -0.25) is 14.4 Å². The number of rotatable bonds is 0. The van der Waals surface area contributed by atoms with Crippen LogP contribution in [-0.2, 0) is 14.4 Å². The second-order valence-electron chi connectivity index (χ2n) is 7.18. The molecule has 1 heterocycles. The van der Waals surface area contributed by atoms with Crippen molar-refractivity contribution in [2.45, 2.75) is 37.8 Å². The minimum absolute atomic E-state index is 0.00830. The van der Waals surface area contributed by atoms with Crippen molar-refractivity contribution in [3.63, 3.8) is 0 Å². The van der Waals surface area contributed by atoms with Crippen molar-refractivity contribution in [3.05, 3.63) is 0 Å². The van der Waals surface area contributed by atoms with E-state index in [0.717, 1.165) is 0 Å². The van der Waals surface area contributed by atoms with Gasteiger partial charge in [0, 0.05) is 45.8 Å². The van der Waals surface area contributed by atoms with Crippen molar-refractivity contribution < 1.29 is 53.9 Å². The van der Waals surface area contributed by atoms with E-state index in [1.54, 1.807) is 0 Å². The summed E-state index contributed by atoms with van der Waals surface area (Å²) in [5.74, 6) is -6.72. The molecule has 1 fully saturated rings. The number of hydrogen-bond donors (Lipinski definition) is 1. The van der Waals surface area contributed by atoms with Crippen LogP contribution in [0.3, 0.4) is 0 Å². The molecule has 0 bridgehead atoms. The van der Waals surface area contributed by atoms with Gasteiger partial charge in [0.1, 0.15) is 0 Å². The monoisotopic (exact) mass is 502 g/mol. The van der Waals surface area contributed by atoms with Gasteiger partial charge in [0.25, 0.3) is 0 Å². The fourth-order valence-corrected chi connectivity index (χ4v) is 3.12. The van der Waals surface area contributed by atoms with Gasteiger partial charge < -0.3 is 20.0 Å². The summed E-state index contributed by atoms with van der Waals surface area (Å²) in [4.78, 5) is 35.8. The highest BCUT2D eigenvalue weighted by Gasteiger charge is 2.44. The summed E-state index contributed by atoms with van der Waals surface area (Å²) in [5, 5.41) is 2.64. The summed E-state index contributed by atoms with van der Waals surface area (Å²) in [6.45, 7) is -3.64. The summed E-state index contributed by atoms with van der Waals surface area (Å²) in [6.07, 6.45) is -16.7. The van der Waals surface area contributed by atoms with E-state index in [-0.39, 0.29) is 24.4 Å².